The Bertz CT molecular complexity index is 338. The fraction of sp³-hybridized carbons (Fsp3) is 0.846. The summed E-state index contributed by atoms with van der Waals surface area (Å²) in [4.78, 5) is 25.4. The van der Waals surface area contributed by atoms with Crippen LogP contribution in [0.15, 0.2) is 0 Å². The van der Waals surface area contributed by atoms with Gasteiger partial charge < -0.3 is 15.2 Å². The van der Waals surface area contributed by atoms with E-state index in [1.165, 1.54) is 4.90 Å². The highest BCUT2D eigenvalue weighted by molar-refractivity contribution is 5.82. The van der Waals surface area contributed by atoms with Crippen LogP contribution in [0.3, 0.4) is 0 Å². The lowest BCUT2D eigenvalue weighted by molar-refractivity contribution is -0.150. The third-order valence-corrected chi connectivity index (χ3v) is 2.83. The molecule has 0 aromatic heterocycles. The molecule has 0 saturated carbocycles. The van der Waals surface area contributed by atoms with Crippen molar-refractivity contribution in [1.82, 2.24) is 4.90 Å². The van der Waals surface area contributed by atoms with Crippen LogP contribution in [0.2, 0.25) is 0 Å². The van der Waals surface area contributed by atoms with Crippen LogP contribution in [0.4, 0.5) is 4.79 Å². The van der Waals surface area contributed by atoms with Crippen LogP contribution in [0, 0.1) is 0 Å². The molecule has 0 spiro atoms. The van der Waals surface area contributed by atoms with Gasteiger partial charge in [-0.25, -0.2) is 9.59 Å². The Morgan fingerprint density at radius 3 is 2.53 bits per heavy atom. The lowest BCUT2D eigenvalue weighted by Crippen LogP contribution is -2.54. The van der Waals surface area contributed by atoms with Crippen molar-refractivity contribution in [1.29, 1.82) is 0 Å². The van der Waals surface area contributed by atoms with E-state index in [2.05, 4.69) is 0 Å². The van der Waals surface area contributed by atoms with Gasteiger partial charge in [0.1, 0.15) is 11.6 Å². The molecule has 1 fully saturated rings. The molecular formula is C13H24N2O4. The number of rotatable bonds is 2. The number of piperidine rings is 1. The van der Waals surface area contributed by atoms with Crippen LogP contribution in [0.1, 0.15) is 40.5 Å². The van der Waals surface area contributed by atoms with Crippen molar-refractivity contribution in [3.8, 4) is 0 Å². The first-order valence-electron chi connectivity index (χ1n) is 6.66. The molecule has 0 aromatic rings. The Hall–Kier alpha value is -1.30. The van der Waals surface area contributed by atoms with E-state index in [-0.39, 0.29) is 12.6 Å². The van der Waals surface area contributed by atoms with E-state index >= 15 is 0 Å². The van der Waals surface area contributed by atoms with Crippen LogP contribution < -0.4 is 5.73 Å². The Kier molecular flexibility index (Phi) is 5.17. The van der Waals surface area contributed by atoms with E-state index in [0.717, 1.165) is 0 Å². The molecule has 1 rings (SSSR count). The molecule has 1 heterocycles. The lowest BCUT2D eigenvalue weighted by atomic mass is 9.98. The van der Waals surface area contributed by atoms with Gasteiger partial charge in [0.05, 0.1) is 6.61 Å². The predicted molar refractivity (Wildman–Crippen MR) is 70.6 cm³/mol. The standard InChI is InChI=1S/C13H24N2O4/c1-5-18-11(16)10-8-9(14)6-7-15(10)12(17)19-13(2,3)4/h9-10H,5-8,14H2,1-4H3/t9-,10+/m1/s1. The van der Waals surface area contributed by atoms with Gasteiger partial charge >= 0.3 is 12.1 Å². The van der Waals surface area contributed by atoms with Crippen LogP contribution in [0.25, 0.3) is 0 Å². The fourth-order valence-corrected chi connectivity index (χ4v) is 1.99. The summed E-state index contributed by atoms with van der Waals surface area (Å²) in [5, 5.41) is 0. The van der Waals surface area contributed by atoms with E-state index in [0.29, 0.717) is 19.4 Å². The van der Waals surface area contributed by atoms with Crippen molar-refractivity contribution in [3.63, 3.8) is 0 Å². The number of amides is 1. The smallest absolute Gasteiger partial charge is 0.411 e. The number of nitrogens with zero attached hydrogens (tertiary/aromatic N) is 1. The minimum absolute atomic E-state index is 0.0897. The lowest BCUT2D eigenvalue weighted by Gasteiger charge is -2.37. The first kappa shape index (κ1) is 15.8. The van der Waals surface area contributed by atoms with Gasteiger partial charge in [-0.05, 0) is 40.5 Å². The van der Waals surface area contributed by atoms with Gasteiger partial charge in [0.25, 0.3) is 0 Å². The molecule has 1 aliphatic heterocycles. The van der Waals surface area contributed by atoms with Crippen molar-refractivity contribution in [2.75, 3.05) is 13.2 Å². The van der Waals surface area contributed by atoms with E-state index in [1.54, 1.807) is 27.7 Å². The summed E-state index contributed by atoms with van der Waals surface area (Å²) in [6.45, 7) is 7.81. The van der Waals surface area contributed by atoms with Crippen molar-refractivity contribution >= 4 is 12.1 Å². The molecule has 19 heavy (non-hydrogen) atoms. The third-order valence-electron chi connectivity index (χ3n) is 2.83. The second-order valence-corrected chi connectivity index (χ2v) is 5.73. The van der Waals surface area contributed by atoms with Gasteiger partial charge in [0.2, 0.25) is 0 Å². The summed E-state index contributed by atoms with van der Waals surface area (Å²) in [5.41, 5.74) is 5.27. The number of ether oxygens (including phenoxy) is 2. The normalized spacial score (nSPS) is 23.9. The Balaban J connectivity index is 2.77. The van der Waals surface area contributed by atoms with Crippen LogP contribution >= 0.6 is 0 Å². The van der Waals surface area contributed by atoms with E-state index in [9.17, 15) is 9.59 Å². The molecular weight excluding hydrogens is 248 g/mol. The van der Waals surface area contributed by atoms with Gasteiger partial charge in [-0.1, -0.05) is 0 Å². The number of hydrogen-bond acceptors (Lipinski definition) is 5. The highest BCUT2D eigenvalue weighted by Gasteiger charge is 2.38. The molecule has 0 unspecified atom stereocenters. The second kappa shape index (κ2) is 6.23. The predicted octanol–water partition coefficient (Wildman–Crippen LogP) is 1.28. The van der Waals surface area contributed by atoms with Gasteiger partial charge in [-0.2, -0.15) is 0 Å². The Labute approximate surface area is 114 Å². The quantitative estimate of drug-likeness (QED) is 0.766. The summed E-state index contributed by atoms with van der Waals surface area (Å²) >= 11 is 0. The van der Waals surface area contributed by atoms with E-state index in [4.69, 9.17) is 15.2 Å². The van der Waals surface area contributed by atoms with Gasteiger partial charge in [0.15, 0.2) is 0 Å². The number of nitrogens with two attached hydrogens (primary N) is 1. The minimum Gasteiger partial charge on any atom is -0.464 e. The summed E-state index contributed by atoms with van der Waals surface area (Å²) in [5.74, 6) is -0.413. The summed E-state index contributed by atoms with van der Waals surface area (Å²) in [6.07, 6.45) is 0.588. The van der Waals surface area contributed by atoms with Crippen molar-refractivity contribution < 1.29 is 19.1 Å². The average Bonchev–Trinajstić information content (AvgIpc) is 2.26. The Morgan fingerprint density at radius 1 is 1.37 bits per heavy atom. The molecule has 110 valence electrons. The van der Waals surface area contributed by atoms with Gasteiger partial charge in [-0.3, -0.25) is 4.90 Å². The molecule has 0 aliphatic carbocycles. The highest BCUT2D eigenvalue weighted by Crippen LogP contribution is 2.21. The van der Waals surface area contributed by atoms with E-state index in [1.807, 2.05) is 0 Å². The minimum atomic E-state index is -0.640. The molecule has 1 aliphatic rings. The highest BCUT2D eigenvalue weighted by atomic mass is 16.6. The zero-order valence-corrected chi connectivity index (χ0v) is 12.1. The number of likely N-dealkylation sites (tertiary alicyclic amines) is 1. The monoisotopic (exact) mass is 272 g/mol. The number of carbonyl (C=O) groups is 2. The summed E-state index contributed by atoms with van der Waals surface area (Å²) in [6, 6.07) is -0.730. The maximum Gasteiger partial charge on any atom is 0.411 e. The van der Waals surface area contributed by atoms with Crippen molar-refractivity contribution in [2.24, 2.45) is 5.73 Å². The third kappa shape index (κ3) is 4.70. The molecule has 2 N–H and O–H groups in total. The number of esters is 1. The SMILES string of the molecule is CCOC(=O)[C@@H]1C[C@H](N)CCN1C(=O)OC(C)(C)C. The van der Waals surface area contributed by atoms with Crippen LogP contribution in [-0.2, 0) is 14.3 Å². The van der Waals surface area contributed by atoms with Crippen LogP contribution in [0.5, 0.6) is 0 Å². The molecule has 1 saturated heterocycles. The van der Waals surface area contributed by atoms with Gasteiger partial charge in [-0.15, -0.1) is 0 Å². The summed E-state index contributed by atoms with van der Waals surface area (Å²) < 4.78 is 10.3. The maximum absolute atomic E-state index is 12.1. The molecule has 1 amide bonds. The van der Waals surface area contributed by atoms with E-state index < -0.39 is 23.7 Å². The van der Waals surface area contributed by atoms with Crippen molar-refractivity contribution in [2.45, 2.75) is 58.2 Å². The zero-order valence-electron chi connectivity index (χ0n) is 12.1. The molecule has 6 heteroatoms. The number of carbonyl (C=O) groups excluding carboxylic acids is 2. The first-order valence-corrected chi connectivity index (χ1v) is 6.66. The zero-order chi connectivity index (χ0) is 14.6. The topological polar surface area (TPSA) is 81.9 Å². The van der Waals surface area contributed by atoms with Gasteiger partial charge in [0, 0.05) is 12.6 Å². The second-order valence-electron chi connectivity index (χ2n) is 5.73. The average molecular weight is 272 g/mol. The number of hydrogen-bond donors (Lipinski definition) is 1. The molecule has 0 radical (unpaired) electrons. The molecule has 2 atom stereocenters. The first-order chi connectivity index (χ1) is 8.74. The largest absolute Gasteiger partial charge is 0.464 e. The van der Waals surface area contributed by atoms with Crippen molar-refractivity contribution in [3.05, 3.63) is 0 Å². The molecule has 0 bridgehead atoms. The maximum atomic E-state index is 12.1. The fourth-order valence-electron chi connectivity index (χ4n) is 1.99. The summed E-state index contributed by atoms with van der Waals surface area (Å²) in [7, 11) is 0. The molecule has 6 nitrogen and oxygen atoms in total. The Morgan fingerprint density at radius 2 is 2.00 bits per heavy atom. The molecule has 0 aromatic carbocycles. The van der Waals surface area contributed by atoms with Crippen LogP contribution in [-0.4, -0.2) is 47.8 Å².